The van der Waals surface area contributed by atoms with Gasteiger partial charge in [-0.05, 0) is 18.6 Å². The molecule has 0 N–H and O–H groups in total. The summed E-state index contributed by atoms with van der Waals surface area (Å²) >= 11 is 5.40. The zero-order chi connectivity index (χ0) is 7.56. The number of hydrogen-bond acceptors (Lipinski definition) is 1. The fourth-order valence-electron chi connectivity index (χ4n) is 0.690. The molecular formula is C7H8Cl2FN. The van der Waals surface area contributed by atoms with Crippen molar-refractivity contribution in [3.05, 3.63) is 29.3 Å². The topological polar surface area (TPSA) is 12.9 Å². The maximum Gasteiger partial charge on any atom is 0.148 e. The van der Waals surface area contributed by atoms with E-state index in [9.17, 15) is 4.39 Å². The summed E-state index contributed by atoms with van der Waals surface area (Å²) in [5, 5.41) is 0. The molecule has 0 atom stereocenters. The second-order valence-corrected chi connectivity index (χ2v) is 2.29. The molecule has 1 aromatic heterocycles. The van der Waals surface area contributed by atoms with Crippen LogP contribution in [-0.4, -0.2) is 4.98 Å². The lowest BCUT2D eigenvalue weighted by atomic mass is 10.2. The highest BCUT2D eigenvalue weighted by molar-refractivity contribution is 6.16. The minimum Gasteiger partial charge on any atom is -0.257 e. The minimum absolute atomic E-state index is 0. The maximum absolute atomic E-state index is 12.9. The fraction of sp³-hybridized carbons (Fsp3) is 0.286. The molecule has 0 aliphatic rings. The van der Waals surface area contributed by atoms with Crippen LogP contribution in [0.3, 0.4) is 0 Å². The van der Waals surface area contributed by atoms with E-state index in [1.807, 2.05) is 0 Å². The van der Waals surface area contributed by atoms with Gasteiger partial charge in [-0.25, -0.2) is 4.39 Å². The van der Waals surface area contributed by atoms with Crippen molar-refractivity contribution >= 4 is 24.0 Å². The van der Waals surface area contributed by atoms with Crippen LogP contribution in [-0.2, 0) is 5.88 Å². The smallest absolute Gasteiger partial charge is 0.148 e. The molecule has 0 saturated carbocycles. The number of halogens is 3. The van der Waals surface area contributed by atoms with Gasteiger partial charge < -0.3 is 0 Å². The quantitative estimate of drug-likeness (QED) is 0.629. The zero-order valence-electron chi connectivity index (χ0n) is 5.97. The van der Waals surface area contributed by atoms with Gasteiger partial charge in [-0.1, -0.05) is 0 Å². The van der Waals surface area contributed by atoms with Crippen molar-refractivity contribution < 1.29 is 4.39 Å². The minimum atomic E-state index is -0.294. The third kappa shape index (κ3) is 2.31. The summed E-state index contributed by atoms with van der Waals surface area (Å²) in [5.41, 5.74) is 0.910. The largest absolute Gasteiger partial charge is 0.257 e. The predicted molar refractivity (Wildman–Crippen MR) is 45.7 cm³/mol. The Balaban J connectivity index is 0.000001000. The van der Waals surface area contributed by atoms with Crippen LogP contribution in [0.5, 0.6) is 0 Å². The van der Waals surface area contributed by atoms with Crippen molar-refractivity contribution in [2.75, 3.05) is 0 Å². The predicted octanol–water partition coefficient (Wildman–Crippen LogP) is 2.69. The van der Waals surface area contributed by atoms with E-state index in [4.69, 9.17) is 11.6 Å². The van der Waals surface area contributed by atoms with Crippen molar-refractivity contribution in [1.29, 1.82) is 0 Å². The normalized spacial score (nSPS) is 9.00. The lowest BCUT2D eigenvalue weighted by Gasteiger charge is -1.98. The zero-order valence-corrected chi connectivity index (χ0v) is 7.55. The second-order valence-electron chi connectivity index (χ2n) is 2.02. The van der Waals surface area contributed by atoms with Crippen molar-refractivity contribution in [3.63, 3.8) is 0 Å². The van der Waals surface area contributed by atoms with Crippen LogP contribution in [0, 0.1) is 12.7 Å². The molecule has 0 amide bonds. The molecule has 0 fully saturated rings. The van der Waals surface area contributed by atoms with Crippen LogP contribution in [0.2, 0.25) is 0 Å². The summed E-state index contributed by atoms with van der Waals surface area (Å²) in [7, 11) is 0. The number of aromatic nitrogens is 1. The Morgan fingerprint density at radius 1 is 1.64 bits per heavy atom. The van der Waals surface area contributed by atoms with Gasteiger partial charge in [0.05, 0.1) is 11.6 Å². The molecule has 0 spiro atoms. The summed E-state index contributed by atoms with van der Waals surface area (Å²) < 4.78 is 12.9. The van der Waals surface area contributed by atoms with Crippen LogP contribution in [0.15, 0.2) is 12.3 Å². The van der Waals surface area contributed by atoms with E-state index < -0.39 is 0 Å². The van der Waals surface area contributed by atoms with Gasteiger partial charge >= 0.3 is 0 Å². The number of nitrogens with zero attached hydrogens (tertiary/aromatic N) is 1. The molecule has 0 aliphatic carbocycles. The van der Waals surface area contributed by atoms with Crippen LogP contribution in [0.25, 0.3) is 0 Å². The molecule has 0 aliphatic heterocycles. The van der Waals surface area contributed by atoms with Gasteiger partial charge in [-0.2, -0.15) is 0 Å². The van der Waals surface area contributed by atoms with E-state index in [-0.39, 0.29) is 24.1 Å². The summed E-state index contributed by atoms with van der Waals surface area (Å²) in [4.78, 5) is 3.75. The summed E-state index contributed by atoms with van der Waals surface area (Å²) in [6.45, 7) is 1.69. The first-order chi connectivity index (χ1) is 4.75. The summed E-state index contributed by atoms with van der Waals surface area (Å²) in [5.74, 6) is -0.162. The van der Waals surface area contributed by atoms with Gasteiger partial charge in [0.1, 0.15) is 5.82 Å². The maximum atomic E-state index is 12.9. The van der Waals surface area contributed by atoms with Crippen molar-refractivity contribution in [2.24, 2.45) is 0 Å². The van der Waals surface area contributed by atoms with E-state index in [1.54, 1.807) is 19.2 Å². The molecule has 4 heteroatoms. The SMILES string of the molecule is Cc1ccnc(CCl)c1F.Cl. The van der Waals surface area contributed by atoms with Crippen LogP contribution in [0.1, 0.15) is 11.3 Å². The Hall–Kier alpha value is -0.340. The molecule has 0 bridgehead atoms. The Bertz CT molecular complexity index is 240. The first kappa shape index (κ1) is 10.7. The number of rotatable bonds is 1. The first-order valence-corrected chi connectivity index (χ1v) is 3.45. The number of hydrogen-bond donors (Lipinski definition) is 0. The molecule has 0 aromatic carbocycles. The van der Waals surface area contributed by atoms with Crippen LogP contribution < -0.4 is 0 Å². The Morgan fingerprint density at radius 2 is 2.27 bits per heavy atom. The highest BCUT2D eigenvalue weighted by Crippen LogP contribution is 2.10. The van der Waals surface area contributed by atoms with Crippen LogP contribution in [0.4, 0.5) is 4.39 Å². The molecule has 0 unspecified atom stereocenters. The number of alkyl halides is 1. The standard InChI is InChI=1S/C7H7ClFN.ClH/c1-5-2-3-10-6(4-8)7(5)9;/h2-3H,4H2,1H3;1H. The third-order valence-corrected chi connectivity index (χ3v) is 1.53. The van der Waals surface area contributed by atoms with E-state index in [1.165, 1.54) is 0 Å². The highest BCUT2D eigenvalue weighted by Gasteiger charge is 2.02. The molecule has 0 radical (unpaired) electrons. The fourth-order valence-corrected chi connectivity index (χ4v) is 0.876. The number of pyridine rings is 1. The average Bonchev–Trinajstić information content (AvgIpc) is 1.95. The van der Waals surface area contributed by atoms with Crippen LogP contribution >= 0.6 is 24.0 Å². The molecule has 0 saturated heterocycles. The van der Waals surface area contributed by atoms with Gasteiger partial charge in [-0.3, -0.25) is 4.98 Å². The molecule has 1 nitrogen and oxygen atoms in total. The second kappa shape index (κ2) is 4.52. The van der Waals surface area contributed by atoms with Crippen molar-refractivity contribution in [3.8, 4) is 0 Å². The molecule has 11 heavy (non-hydrogen) atoms. The monoisotopic (exact) mass is 195 g/mol. The third-order valence-electron chi connectivity index (χ3n) is 1.28. The summed E-state index contributed by atoms with van der Waals surface area (Å²) in [6, 6.07) is 1.62. The van der Waals surface area contributed by atoms with E-state index >= 15 is 0 Å². The first-order valence-electron chi connectivity index (χ1n) is 2.91. The van der Waals surface area contributed by atoms with Crippen molar-refractivity contribution in [2.45, 2.75) is 12.8 Å². The molecule has 62 valence electrons. The average molecular weight is 196 g/mol. The summed E-state index contributed by atoms with van der Waals surface area (Å²) in [6.07, 6.45) is 1.55. The van der Waals surface area contributed by atoms with E-state index in [0.717, 1.165) is 0 Å². The molecule has 1 heterocycles. The lowest BCUT2D eigenvalue weighted by Crippen LogP contribution is -1.93. The molecule has 1 rings (SSSR count). The van der Waals surface area contributed by atoms with Gasteiger partial charge in [0.25, 0.3) is 0 Å². The van der Waals surface area contributed by atoms with E-state index in [0.29, 0.717) is 11.3 Å². The Kier molecular flexibility index (Phi) is 4.38. The van der Waals surface area contributed by atoms with Gasteiger partial charge in [0, 0.05) is 6.20 Å². The van der Waals surface area contributed by atoms with Gasteiger partial charge in [0.2, 0.25) is 0 Å². The number of aryl methyl sites for hydroxylation is 1. The lowest BCUT2D eigenvalue weighted by molar-refractivity contribution is 0.598. The Morgan fingerprint density at radius 3 is 2.73 bits per heavy atom. The van der Waals surface area contributed by atoms with E-state index in [2.05, 4.69) is 4.98 Å². The molecule has 1 aromatic rings. The highest BCUT2D eigenvalue weighted by atomic mass is 35.5. The Labute approximate surface area is 76.0 Å². The van der Waals surface area contributed by atoms with Gasteiger partial charge in [-0.15, -0.1) is 24.0 Å². The van der Waals surface area contributed by atoms with Gasteiger partial charge in [0.15, 0.2) is 0 Å². The molecular weight excluding hydrogens is 188 g/mol. The van der Waals surface area contributed by atoms with Crippen molar-refractivity contribution in [1.82, 2.24) is 4.98 Å².